The maximum Gasteiger partial charge on any atom is 0.217 e. The van der Waals surface area contributed by atoms with Gasteiger partial charge in [-0.1, -0.05) is 47.5 Å². The lowest BCUT2D eigenvalue weighted by Gasteiger charge is -2.18. The Morgan fingerprint density at radius 2 is 1.45 bits per heavy atom. The number of nitrogens with two attached hydrogens (primary N) is 1. The first-order valence-electron chi connectivity index (χ1n) is 6.52. The topological polar surface area (TPSA) is 67.8 Å². The summed E-state index contributed by atoms with van der Waals surface area (Å²) in [6.07, 6.45) is 0. The van der Waals surface area contributed by atoms with Gasteiger partial charge in [0.25, 0.3) is 0 Å². The van der Waals surface area contributed by atoms with E-state index >= 15 is 0 Å². The van der Waals surface area contributed by atoms with Crippen LogP contribution in [-0.2, 0) is 4.79 Å². The van der Waals surface area contributed by atoms with E-state index in [1.54, 1.807) is 48.5 Å². The van der Waals surface area contributed by atoms with Gasteiger partial charge in [-0.05, 0) is 29.8 Å². The number of halogens is 2. The predicted octanol–water partition coefficient (Wildman–Crippen LogP) is 3.42. The van der Waals surface area contributed by atoms with Gasteiger partial charge < -0.3 is 5.73 Å². The number of carbonyl (C=O) groups excluding carboxylic acids is 1. The Balaban J connectivity index is 2.00. The standard InChI is InChI=1S/C16H11Cl2N3O/c17-11-5-1-9(2-6-11)13-15(22)14(21-16(19)20-13)10-3-7-12(18)8-4-10/h1-8,13H,(H2,19,20). The largest absolute Gasteiger partial charge is 0.368 e. The van der Waals surface area contributed by atoms with Crippen LogP contribution in [0.4, 0.5) is 0 Å². The number of guanidine groups is 1. The number of hydrogen-bond acceptors (Lipinski definition) is 4. The van der Waals surface area contributed by atoms with Crippen LogP contribution in [0.3, 0.4) is 0 Å². The summed E-state index contributed by atoms with van der Waals surface area (Å²) >= 11 is 11.7. The Kier molecular flexibility index (Phi) is 3.96. The van der Waals surface area contributed by atoms with Crippen molar-refractivity contribution in [1.29, 1.82) is 0 Å². The average molecular weight is 332 g/mol. The van der Waals surface area contributed by atoms with Gasteiger partial charge in [0.15, 0.2) is 0 Å². The highest BCUT2D eigenvalue weighted by atomic mass is 35.5. The minimum Gasteiger partial charge on any atom is -0.368 e. The van der Waals surface area contributed by atoms with E-state index in [2.05, 4.69) is 9.98 Å². The molecule has 2 aromatic carbocycles. The van der Waals surface area contributed by atoms with Gasteiger partial charge in [-0.25, -0.2) is 9.98 Å². The number of carbonyl (C=O) groups is 1. The van der Waals surface area contributed by atoms with Gasteiger partial charge >= 0.3 is 0 Å². The third kappa shape index (κ3) is 2.89. The van der Waals surface area contributed by atoms with Crippen molar-refractivity contribution >= 4 is 40.7 Å². The monoisotopic (exact) mass is 331 g/mol. The Bertz CT molecular complexity index is 780. The molecular formula is C16H11Cl2N3O. The van der Waals surface area contributed by atoms with Crippen molar-refractivity contribution in [3.8, 4) is 0 Å². The first kappa shape index (κ1) is 14.8. The number of hydrogen-bond donors (Lipinski definition) is 1. The molecule has 0 saturated carbocycles. The van der Waals surface area contributed by atoms with Gasteiger partial charge in [0.2, 0.25) is 11.7 Å². The summed E-state index contributed by atoms with van der Waals surface area (Å²) in [5, 5.41) is 1.18. The molecule has 22 heavy (non-hydrogen) atoms. The number of aliphatic imine (C=N–C) groups is 2. The number of ketones is 1. The molecule has 2 N–H and O–H groups in total. The quantitative estimate of drug-likeness (QED) is 0.915. The molecule has 3 rings (SSSR count). The molecule has 0 fully saturated rings. The van der Waals surface area contributed by atoms with Crippen LogP contribution in [0.1, 0.15) is 17.2 Å². The maximum atomic E-state index is 12.7. The van der Waals surface area contributed by atoms with E-state index in [4.69, 9.17) is 28.9 Å². The molecule has 0 amide bonds. The number of benzene rings is 2. The summed E-state index contributed by atoms with van der Waals surface area (Å²) in [6, 6.07) is 13.1. The summed E-state index contributed by atoms with van der Waals surface area (Å²) in [5.41, 5.74) is 7.43. The zero-order valence-electron chi connectivity index (χ0n) is 11.3. The molecule has 0 spiro atoms. The Morgan fingerprint density at radius 1 is 0.909 bits per heavy atom. The molecule has 1 unspecified atom stereocenters. The Hall–Kier alpha value is -2.17. The van der Waals surface area contributed by atoms with Crippen molar-refractivity contribution in [2.75, 3.05) is 0 Å². The molecule has 0 bridgehead atoms. The van der Waals surface area contributed by atoms with E-state index < -0.39 is 6.04 Å². The first-order valence-corrected chi connectivity index (χ1v) is 7.28. The average Bonchev–Trinajstić information content (AvgIpc) is 2.51. The second-order valence-corrected chi connectivity index (χ2v) is 5.65. The van der Waals surface area contributed by atoms with Crippen LogP contribution in [0.15, 0.2) is 58.5 Å². The van der Waals surface area contributed by atoms with E-state index in [1.807, 2.05) is 0 Å². The fourth-order valence-electron chi connectivity index (χ4n) is 2.20. The predicted molar refractivity (Wildman–Crippen MR) is 88.8 cm³/mol. The molecule has 0 saturated heterocycles. The van der Waals surface area contributed by atoms with Crippen LogP contribution in [0.2, 0.25) is 10.0 Å². The normalized spacial score (nSPS) is 17.9. The van der Waals surface area contributed by atoms with Crippen LogP contribution in [-0.4, -0.2) is 17.5 Å². The summed E-state index contributed by atoms with van der Waals surface area (Å²) in [5.74, 6) is -0.136. The van der Waals surface area contributed by atoms with Crippen LogP contribution >= 0.6 is 23.2 Å². The number of rotatable bonds is 2. The highest BCUT2D eigenvalue weighted by molar-refractivity contribution is 6.50. The second kappa shape index (κ2) is 5.91. The molecule has 1 aliphatic rings. The van der Waals surface area contributed by atoms with Crippen LogP contribution in [0.25, 0.3) is 0 Å². The lowest BCUT2D eigenvalue weighted by molar-refractivity contribution is -0.114. The lowest BCUT2D eigenvalue weighted by atomic mass is 9.95. The summed E-state index contributed by atoms with van der Waals surface area (Å²) in [4.78, 5) is 20.9. The van der Waals surface area contributed by atoms with Crippen LogP contribution in [0.5, 0.6) is 0 Å². The smallest absolute Gasteiger partial charge is 0.217 e. The van der Waals surface area contributed by atoms with E-state index in [0.717, 1.165) is 5.56 Å². The zero-order chi connectivity index (χ0) is 15.7. The van der Waals surface area contributed by atoms with E-state index in [0.29, 0.717) is 15.6 Å². The Labute approximate surface area is 137 Å². The van der Waals surface area contributed by atoms with Gasteiger partial charge in [0.1, 0.15) is 11.8 Å². The molecule has 2 aromatic rings. The molecule has 6 heteroatoms. The molecule has 110 valence electrons. The minimum atomic E-state index is -0.708. The van der Waals surface area contributed by atoms with Gasteiger partial charge in [-0.15, -0.1) is 0 Å². The molecule has 1 aliphatic heterocycles. The van der Waals surface area contributed by atoms with Crippen molar-refractivity contribution in [2.45, 2.75) is 6.04 Å². The number of Topliss-reactive ketones (excluding diaryl/α,β-unsaturated/α-hetero) is 1. The van der Waals surface area contributed by atoms with E-state index in [9.17, 15) is 4.79 Å². The number of nitrogens with zero attached hydrogens (tertiary/aromatic N) is 2. The third-order valence-electron chi connectivity index (χ3n) is 3.27. The van der Waals surface area contributed by atoms with E-state index in [1.165, 1.54) is 0 Å². The molecule has 1 atom stereocenters. The molecule has 0 radical (unpaired) electrons. The maximum absolute atomic E-state index is 12.7. The first-order chi connectivity index (χ1) is 10.5. The minimum absolute atomic E-state index is 0.0736. The Morgan fingerprint density at radius 3 is 2.05 bits per heavy atom. The highest BCUT2D eigenvalue weighted by Gasteiger charge is 2.29. The van der Waals surface area contributed by atoms with Crippen molar-refractivity contribution in [3.63, 3.8) is 0 Å². The van der Waals surface area contributed by atoms with Crippen molar-refractivity contribution in [1.82, 2.24) is 0 Å². The second-order valence-electron chi connectivity index (χ2n) is 4.77. The molecule has 4 nitrogen and oxygen atoms in total. The van der Waals surface area contributed by atoms with Gasteiger partial charge in [0, 0.05) is 15.6 Å². The molecule has 0 aliphatic carbocycles. The molecular weight excluding hydrogens is 321 g/mol. The van der Waals surface area contributed by atoms with Gasteiger partial charge in [0.05, 0.1) is 0 Å². The fraction of sp³-hybridized carbons (Fsp3) is 0.0625. The third-order valence-corrected chi connectivity index (χ3v) is 3.78. The van der Waals surface area contributed by atoms with Crippen LogP contribution < -0.4 is 5.73 Å². The van der Waals surface area contributed by atoms with E-state index in [-0.39, 0.29) is 17.5 Å². The summed E-state index contributed by atoms with van der Waals surface area (Å²) in [7, 11) is 0. The van der Waals surface area contributed by atoms with Gasteiger partial charge in [-0.3, -0.25) is 4.79 Å². The van der Waals surface area contributed by atoms with Crippen molar-refractivity contribution in [2.24, 2.45) is 15.7 Å². The SMILES string of the molecule is NC1=NC(c2ccc(Cl)cc2)C(=O)C(c2ccc(Cl)cc2)=N1. The van der Waals surface area contributed by atoms with Crippen molar-refractivity contribution in [3.05, 3.63) is 69.7 Å². The summed E-state index contributed by atoms with van der Waals surface area (Å²) < 4.78 is 0. The summed E-state index contributed by atoms with van der Waals surface area (Å²) in [6.45, 7) is 0. The van der Waals surface area contributed by atoms with Gasteiger partial charge in [-0.2, -0.15) is 0 Å². The van der Waals surface area contributed by atoms with Crippen LogP contribution in [0, 0.1) is 0 Å². The fourth-order valence-corrected chi connectivity index (χ4v) is 2.46. The molecule has 0 aromatic heterocycles. The zero-order valence-corrected chi connectivity index (χ0v) is 12.8. The van der Waals surface area contributed by atoms with Crippen molar-refractivity contribution < 1.29 is 4.79 Å². The molecule has 1 heterocycles. The lowest BCUT2D eigenvalue weighted by Crippen LogP contribution is -2.30. The highest BCUT2D eigenvalue weighted by Crippen LogP contribution is 2.25.